The van der Waals surface area contributed by atoms with Gasteiger partial charge in [-0.15, -0.1) is 11.8 Å². The van der Waals surface area contributed by atoms with Crippen LogP contribution in [0.15, 0.2) is 0 Å². The highest BCUT2D eigenvalue weighted by Gasteiger charge is 2.37. The summed E-state index contributed by atoms with van der Waals surface area (Å²) >= 11 is 1.52. The van der Waals surface area contributed by atoms with E-state index in [0.717, 1.165) is 32.1 Å². The van der Waals surface area contributed by atoms with Gasteiger partial charge in [-0.1, -0.05) is 19.3 Å². The van der Waals surface area contributed by atoms with Crippen molar-refractivity contribution in [2.24, 2.45) is 5.73 Å². The van der Waals surface area contributed by atoms with Gasteiger partial charge in [0.1, 0.15) is 6.04 Å². The molecule has 17 heavy (non-hydrogen) atoms. The van der Waals surface area contributed by atoms with E-state index in [4.69, 9.17) is 10.8 Å². The maximum atomic E-state index is 10.9. The van der Waals surface area contributed by atoms with E-state index in [2.05, 4.69) is 0 Å². The summed E-state index contributed by atoms with van der Waals surface area (Å²) in [5, 5.41) is 19.1. The number of aliphatic hydroxyl groups is 1. The normalized spacial score (nSPS) is 28.5. The van der Waals surface area contributed by atoms with E-state index in [-0.39, 0.29) is 11.4 Å². The van der Waals surface area contributed by atoms with Crippen molar-refractivity contribution in [3.8, 4) is 0 Å². The molecule has 2 unspecified atom stereocenters. The quantitative estimate of drug-likeness (QED) is 0.670. The van der Waals surface area contributed by atoms with E-state index in [0.29, 0.717) is 0 Å². The van der Waals surface area contributed by atoms with Gasteiger partial charge in [0, 0.05) is 10.00 Å². The highest BCUT2D eigenvalue weighted by Crippen LogP contribution is 2.37. The second-order valence-electron chi connectivity index (χ2n) is 5.28. The van der Waals surface area contributed by atoms with Crippen LogP contribution >= 0.6 is 11.8 Å². The van der Waals surface area contributed by atoms with Gasteiger partial charge in [0.25, 0.3) is 0 Å². The van der Waals surface area contributed by atoms with Gasteiger partial charge < -0.3 is 15.9 Å². The standard InChI is InChI=1S/C12H23NO3S/c1-12(2,10(13)11(15)16)17-9-7-5-3-4-6-8(9)14/h8-10,14H,3-7,13H2,1-2H3,(H,15,16)/t8?,9?,10-/m1/s1. The third-order valence-electron chi connectivity index (χ3n) is 3.39. The number of thioether (sulfide) groups is 1. The van der Waals surface area contributed by atoms with Crippen molar-refractivity contribution < 1.29 is 15.0 Å². The third-order valence-corrected chi connectivity index (χ3v) is 5.10. The van der Waals surface area contributed by atoms with Crippen LogP contribution in [0.5, 0.6) is 0 Å². The highest BCUT2D eigenvalue weighted by atomic mass is 32.2. The summed E-state index contributed by atoms with van der Waals surface area (Å²) in [6, 6.07) is -0.900. The Morgan fingerprint density at radius 3 is 2.53 bits per heavy atom. The van der Waals surface area contributed by atoms with Crippen LogP contribution in [-0.4, -0.2) is 38.3 Å². The van der Waals surface area contributed by atoms with Crippen LogP contribution in [0, 0.1) is 0 Å². The second kappa shape index (κ2) is 6.07. The van der Waals surface area contributed by atoms with Crippen molar-refractivity contribution in [2.75, 3.05) is 0 Å². The zero-order valence-electron chi connectivity index (χ0n) is 10.6. The van der Waals surface area contributed by atoms with Crippen LogP contribution < -0.4 is 5.73 Å². The lowest BCUT2D eigenvalue weighted by atomic mass is 10.1. The number of carboxylic acids is 1. The molecule has 0 aromatic carbocycles. The van der Waals surface area contributed by atoms with Gasteiger partial charge in [0.05, 0.1) is 6.10 Å². The maximum absolute atomic E-state index is 10.9. The summed E-state index contributed by atoms with van der Waals surface area (Å²) < 4.78 is -0.554. The van der Waals surface area contributed by atoms with E-state index in [1.165, 1.54) is 11.8 Å². The lowest BCUT2D eigenvalue weighted by Crippen LogP contribution is -2.48. The van der Waals surface area contributed by atoms with E-state index >= 15 is 0 Å². The Balaban J connectivity index is 2.64. The molecule has 0 bridgehead atoms. The van der Waals surface area contributed by atoms with E-state index in [9.17, 15) is 9.90 Å². The molecule has 1 aliphatic rings. The Hall–Kier alpha value is -0.260. The Morgan fingerprint density at radius 1 is 1.35 bits per heavy atom. The first-order chi connectivity index (χ1) is 7.84. The zero-order chi connectivity index (χ0) is 13.1. The van der Waals surface area contributed by atoms with Crippen molar-refractivity contribution in [3.05, 3.63) is 0 Å². The minimum Gasteiger partial charge on any atom is -0.480 e. The number of carboxylic acid groups (broad SMARTS) is 1. The summed E-state index contributed by atoms with van der Waals surface area (Å²) in [6.45, 7) is 3.68. The Bertz CT molecular complexity index is 270. The van der Waals surface area contributed by atoms with Crippen LogP contribution in [0.1, 0.15) is 46.0 Å². The molecule has 100 valence electrons. The summed E-state index contributed by atoms with van der Waals surface area (Å²) in [6.07, 6.45) is 4.75. The van der Waals surface area contributed by atoms with Gasteiger partial charge >= 0.3 is 5.97 Å². The van der Waals surface area contributed by atoms with E-state index in [1.54, 1.807) is 0 Å². The lowest BCUT2D eigenvalue weighted by molar-refractivity contribution is -0.139. The molecule has 1 rings (SSSR count). The number of carbonyl (C=O) groups is 1. The third kappa shape index (κ3) is 4.16. The van der Waals surface area contributed by atoms with Gasteiger partial charge in [-0.3, -0.25) is 4.79 Å². The van der Waals surface area contributed by atoms with Crippen molar-refractivity contribution in [3.63, 3.8) is 0 Å². The fourth-order valence-corrected chi connectivity index (χ4v) is 3.76. The molecule has 0 aromatic heterocycles. The Morgan fingerprint density at radius 2 is 1.94 bits per heavy atom. The number of nitrogens with two attached hydrogens (primary N) is 1. The van der Waals surface area contributed by atoms with Crippen molar-refractivity contribution in [1.82, 2.24) is 0 Å². The van der Waals surface area contributed by atoms with Crippen LogP contribution in [0.2, 0.25) is 0 Å². The van der Waals surface area contributed by atoms with E-state index < -0.39 is 16.8 Å². The van der Waals surface area contributed by atoms with Gasteiger partial charge in [-0.25, -0.2) is 0 Å². The van der Waals surface area contributed by atoms with Gasteiger partial charge in [0.15, 0.2) is 0 Å². The maximum Gasteiger partial charge on any atom is 0.321 e. The summed E-state index contributed by atoms with van der Waals surface area (Å²) in [4.78, 5) is 10.9. The molecule has 0 spiro atoms. The summed E-state index contributed by atoms with van der Waals surface area (Å²) in [5.41, 5.74) is 5.69. The minimum absolute atomic E-state index is 0.109. The smallest absolute Gasteiger partial charge is 0.321 e. The Kier molecular flexibility index (Phi) is 5.28. The first kappa shape index (κ1) is 14.8. The summed E-state index contributed by atoms with van der Waals surface area (Å²) in [7, 11) is 0. The fourth-order valence-electron chi connectivity index (χ4n) is 2.15. The number of aliphatic hydroxyl groups excluding tert-OH is 1. The number of hydrogen-bond acceptors (Lipinski definition) is 4. The molecular formula is C12H23NO3S. The predicted octanol–water partition coefficient (Wildman–Crippen LogP) is 1.60. The molecule has 0 amide bonds. The molecular weight excluding hydrogens is 238 g/mol. The molecule has 5 heteroatoms. The molecule has 1 saturated carbocycles. The topological polar surface area (TPSA) is 83.5 Å². The number of aliphatic carboxylic acids is 1. The van der Waals surface area contributed by atoms with Gasteiger partial charge in [0.2, 0.25) is 0 Å². The molecule has 1 aliphatic carbocycles. The van der Waals surface area contributed by atoms with E-state index in [1.807, 2.05) is 13.8 Å². The average molecular weight is 261 g/mol. The first-order valence-electron chi connectivity index (χ1n) is 6.19. The minimum atomic E-state index is -0.981. The molecule has 0 aliphatic heterocycles. The molecule has 4 nitrogen and oxygen atoms in total. The van der Waals surface area contributed by atoms with Crippen LogP contribution in [0.3, 0.4) is 0 Å². The molecule has 0 heterocycles. The largest absolute Gasteiger partial charge is 0.480 e. The van der Waals surface area contributed by atoms with Crippen LogP contribution in [-0.2, 0) is 4.79 Å². The summed E-state index contributed by atoms with van der Waals surface area (Å²) in [5.74, 6) is -0.981. The monoisotopic (exact) mass is 261 g/mol. The van der Waals surface area contributed by atoms with Crippen LogP contribution in [0.4, 0.5) is 0 Å². The highest BCUT2D eigenvalue weighted by molar-refractivity contribution is 8.01. The van der Waals surface area contributed by atoms with Crippen molar-refractivity contribution in [2.45, 2.75) is 68.1 Å². The molecule has 3 atom stereocenters. The molecule has 4 N–H and O–H groups in total. The molecule has 0 radical (unpaired) electrons. The number of hydrogen-bond donors (Lipinski definition) is 3. The number of rotatable bonds is 4. The average Bonchev–Trinajstić information content (AvgIpc) is 2.43. The molecule has 0 aromatic rings. The SMILES string of the molecule is CC(C)(SC1CCCCCC1O)[C@H](N)C(=O)O. The molecule has 0 saturated heterocycles. The zero-order valence-corrected chi connectivity index (χ0v) is 11.4. The second-order valence-corrected chi connectivity index (χ2v) is 7.17. The van der Waals surface area contributed by atoms with Gasteiger partial charge in [-0.05, 0) is 26.7 Å². The predicted molar refractivity (Wildman–Crippen MR) is 70.2 cm³/mol. The Labute approximate surface area is 107 Å². The molecule has 1 fully saturated rings. The van der Waals surface area contributed by atoms with Crippen molar-refractivity contribution in [1.29, 1.82) is 0 Å². The van der Waals surface area contributed by atoms with Crippen molar-refractivity contribution >= 4 is 17.7 Å². The first-order valence-corrected chi connectivity index (χ1v) is 7.07. The fraction of sp³-hybridized carbons (Fsp3) is 0.917. The van der Waals surface area contributed by atoms with Gasteiger partial charge in [-0.2, -0.15) is 0 Å². The van der Waals surface area contributed by atoms with Crippen LogP contribution in [0.25, 0.3) is 0 Å². The lowest BCUT2D eigenvalue weighted by Gasteiger charge is -2.33.